The molecule has 0 radical (unpaired) electrons. The van der Waals surface area contributed by atoms with E-state index in [1.807, 2.05) is 0 Å². The van der Waals surface area contributed by atoms with Gasteiger partial charge in [0.25, 0.3) is 0 Å². The van der Waals surface area contributed by atoms with Crippen molar-refractivity contribution in [2.24, 2.45) is 11.1 Å². The first-order chi connectivity index (χ1) is 17.8. The molecule has 0 atom stereocenters. The van der Waals surface area contributed by atoms with Crippen LogP contribution in [0.15, 0.2) is 91.0 Å². The van der Waals surface area contributed by atoms with Crippen molar-refractivity contribution in [3.8, 4) is 0 Å². The molecule has 0 bridgehead atoms. The highest BCUT2D eigenvalue weighted by molar-refractivity contribution is 8.93. The van der Waals surface area contributed by atoms with Gasteiger partial charge in [-0.3, -0.25) is 0 Å². The van der Waals surface area contributed by atoms with Crippen LogP contribution in [-0.4, -0.2) is 6.54 Å². The Morgan fingerprint density at radius 3 is 1.03 bits per heavy atom. The summed E-state index contributed by atoms with van der Waals surface area (Å²) in [5.74, 6) is 0. The van der Waals surface area contributed by atoms with Crippen LogP contribution in [0, 0.1) is 5.41 Å². The van der Waals surface area contributed by atoms with Crippen molar-refractivity contribution in [1.82, 2.24) is 0 Å². The lowest BCUT2D eigenvalue weighted by Crippen LogP contribution is -2.30. The molecule has 0 unspecified atom stereocenters. The van der Waals surface area contributed by atoms with E-state index < -0.39 is 0 Å². The molecular weight excluding hydrogens is 514 g/mol. The summed E-state index contributed by atoms with van der Waals surface area (Å²) in [6, 6.07) is 33.5. The largest absolute Gasteiger partial charge is 0.330 e. The molecule has 0 saturated heterocycles. The standard InChI is InChI=1S/C35H49N.BrH/c36-28-20-9-7-5-3-1-2-4-6-8-19-27-35(29-32-21-13-10-14-22-32,30-33-23-15-11-16-24-33)31-34-25-17-12-18-26-34;/h10-18,21-26H,1-9,19-20,27-31,36H2;1H. The van der Waals surface area contributed by atoms with Gasteiger partial charge in [-0.25, -0.2) is 0 Å². The Bertz CT molecular complexity index is 808. The molecule has 0 saturated carbocycles. The Morgan fingerprint density at radius 1 is 0.405 bits per heavy atom. The molecule has 0 heterocycles. The molecule has 3 aromatic rings. The highest BCUT2D eigenvalue weighted by Crippen LogP contribution is 2.37. The Kier molecular flexibility index (Phi) is 16.3. The molecule has 0 fully saturated rings. The maximum absolute atomic E-state index is 5.59. The maximum atomic E-state index is 5.59. The van der Waals surface area contributed by atoms with E-state index in [1.165, 1.54) is 93.7 Å². The van der Waals surface area contributed by atoms with Gasteiger partial charge >= 0.3 is 0 Å². The molecule has 0 aliphatic carbocycles. The zero-order chi connectivity index (χ0) is 25.2. The van der Waals surface area contributed by atoms with Gasteiger partial charge in [-0.05, 0) is 60.8 Å². The minimum Gasteiger partial charge on any atom is -0.330 e. The predicted molar refractivity (Wildman–Crippen MR) is 168 cm³/mol. The van der Waals surface area contributed by atoms with Crippen molar-refractivity contribution >= 4 is 17.0 Å². The fourth-order valence-corrected chi connectivity index (χ4v) is 5.77. The van der Waals surface area contributed by atoms with Crippen LogP contribution in [0.4, 0.5) is 0 Å². The highest BCUT2D eigenvalue weighted by atomic mass is 79.9. The fourth-order valence-electron chi connectivity index (χ4n) is 5.77. The lowest BCUT2D eigenvalue weighted by molar-refractivity contribution is 0.243. The van der Waals surface area contributed by atoms with Gasteiger partial charge in [-0.15, -0.1) is 17.0 Å². The Balaban J connectivity index is 0.00000481. The van der Waals surface area contributed by atoms with Crippen LogP contribution in [0.5, 0.6) is 0 Å². The molecule has 202 valence electrons. The third-order valence-electron chi connectivity index (χ3n) is 7.68. The zero-order valence-electron chi connectivity index (χ0n) is 23.0. The number of hydrogen-bond acceptors (Lipinski definition) is 1. The van der Waals surface area contributed by atoms with E-state index in [9.17, 15) is 0 Å². The van der Waals surface area contributed by atoms with Crippen LogP contribution in [0.2, 0.25) is 0 Å². The molecule has 3 aromatic carbocycles. The van der Waals surface area contributed by atoms with E-state index in [2.05, 4.69) is 91.0 Å². The van der Waals surface area contributed by atoms with Crippen LogP contribution in [0.25, 0.3) is 0 Å². The summed E-state index contributed by atoms with van der Waals surface area (Å²) in [7, 11) is 0. The summed E-state index contributed by atoms with van der Waals surface area (Å²) in [5, 5.41) is 0. The summed E-state index contributed by atoms with van der Waals surface area (Å²) in [6.07, 6.45) is 19.6. The van der Waals surface area contributed by atoms with Crippen molar-refractivity contribution < 1.29 is 0 Å². The van der Waals surface area contributed by atoms with Gasteiger partial charge in [0.2, 0.25) is 0 Å². The second-order valence-corrected chi connectivity index (χ2v) is 10.9. The summed E-state index contributed by atoms with van der Waals surface area (Å²) in [4.78, 5) is 0. The van der Waals surface area contributed by atoms with Crippen molar-refractivity contribution in [2.45, 2.75) is 96.3 Å². The summed E-state index contributed by atoms with van der Waals surface area (Å²) in [6.45, 7) is 0.851. The Hall–Kier alpha value is -1.90. The molecule has 2 N–H and O–H groups in total. The smallest absolute Gasteiger partial charge is 0.00773 e. The minimum absolute atomic E-state index is 0. The van der Waals surface area contributed by atoms with E-state index in [4.69, 9.17) is 5.73 Å². The molecule has 1 nitrogen and oxygen atoms in total. The molecule has 2 heteroatoms. The molecule has 0 aliphatic rings. The quantitative estimate of drug-likeness (QED) is 0.144. The van der Waals surface area contributed by atoms with Gasteiger partial charge in [-0.1, -0.05) is 155 Å². The first-order valence-electron chi connectivity index (χ1n) is 14.6. The topological polar surface area (TPSA) is 26.0 Å². The summed E-state index contributed by atoms with van der Waals surface area (Å²) in [5.41, 5.74) is 10.2. The number of unbranched alkanes of at least 4 members (excludes halogenated alkanes) is 10. The van der Waals surface area contributed by atoms with Gasteiger partial charge < -0.3 is 5.73 Å². The van der Waals surface area contributed by atoms with Gasteiger partial charge in [0, 0.05) is 0 Å². The fraction of sp³-hybridized carbons (Fsp3) is 0.486. The van der Waals surface area contributed by atoms with E-state index >= 15 is 0 Å². The predicted octanol–water partition coefficient (Wildman–Crippen LogP) is 9.92. The summed E-state index contributed by atoms with van der Waals surface area (Å²) < 4.78 is 0. The first kappa shape index (κ1) is 31.3. The molecule has 37 heavy (non-hydrogen) atoms. The van der Waals surface area contributed by atoms with Gasteiger partial charge in [0.15, 0.2) is 0 Å². The van der Waals surface area contributed by atoms with Crippen molar-refractivity contribution in [3.63, 3.8) is 0 Å². The Labute approximate surface area is 238 Å². The van der Waals surface area contributed by atoms with Crippen molar-refractivity contribution in [2.75, 3.05) is 6.54 Å². The lowest BCUT2D eigenvalue weighted by atomic mass is 9.69. The molecule has 0 aliphatic heterocycles. The number of halogens is 1. The molecular formula is C35H50BrN. The molecule has 0 aromatic heterocycles. The first-order valence-corrected chi connectivity index (χ1v) is 14.6. The number of rotatable bonds is 19. The SMILES string of the molecule is Br.NCCCCCCCCCCCCCC(Cc1ccccc1)(Cc1ccccc1)Cc1ccccc1. The number of benzene rings is 3. The van der Waals surface area contributed by atoms with Crippen LogP contribution >= 0.6 is 17.0 Å². The monoisotopic (exact) mass is 563 g/mol. The van der Waals surface area contributed by atoms with Crippen LogP contribution in [-0.2, 0) is 19.3 Å². The normalized spacial score (nSPS) is 11.3. The van der Waals surface area contributed by atoms with E-state index in [0.29, 0.717) is 0 Å². The van der Waals surface area contributed by atoms with Crippen molar-refractivity contribution in [3.05, 3.63) is 108 Å². The average Bonchev–Trinajstić information content (AvgIpc) is 2.91. The average molecular weight is 565 g/mol. The minimum atomic E-state index is 0. The second kappa shape index (κ2) is 19.2. The van der Waals surface area contributed by atoms with E-state index in [0.717, 1.165) is 25.8 Å². The third-order valence-corrected chi connectivity index (χ3v) is 7.68. The van der Waals surface area contributed by atoms with Crippen LogP contribution in [0.1, 0.15) is 93.7 Å². The van der Waals surface area contributed by atoms with E-state index in [-0.39, 0.29) is 22.4 Å². The van der Waals surface area contributed by atoms with Gasteiger partial charge in [-0.2, -0.15) is 0 Å². The maximum Gasteiger partial charge on any atom is -0.00773 e. The highest BCUT2D eigenvalue weighted by Gasteiger charge is 2.30. The third kappa shape index (κ3) is 12.9. The number of nitrogens with two attached hydrogens (primary N) is 1. The Morgan fingerprint density at radius 2 is 0.703 bits per heavy atom. The number of hydrogen-bond donors (Lipinski definition) is 1. The van der Waals surface area contributed by atoms with Crippen LogP contribution in [0.3, 0.4) is 0 Å². The second-order valence-electron chi connectivity index (χ2n) is 10.9. The van der Waals surface area contributed by atoms with Crippen molar-refractivity contribution in [1.29, 1.82) is 0 Å². The molecule has 0 spiro atoms. The zero-order valence-corrected chi connectivity index (χ0v) is 24.7. The van der Waals surface area contributed by atoms with Gasteiger partial charge in [0.1, 0.15) is 0 Å². The lowest BCUT2D eigenvalue weighted by Gasteiger charge is -2.35. The molecule has 3 rings (SSSR count). The molecule has 0 amide bonds. The summed E-state index contributed by atoms with van der Waals surface area (Å²) >= 11 is 0. The van der Waals surface area contributed by atoms with Crippen LogP contribution < -0.4 is 5.73 Å². The van der Waals surface area contributed by atoms with E-state index in [1.54, 1.807) is 0 Å². The van der Waals surface area contributed by atoms with Gasteiger partial charge in [0.05, 0.1) is 0 Å².